The average molecular weight is 171 g/mol. The van der Waals surface area contributed by atoms with Gasteiger partial charge in [-0.1, -0.05) is 0 Å². The molecule has 4 nitrogen and oxygen atoms in total. The second-order valence-corrected chi connectivity index (χ2v) is 3.27. The van der Waals surface area contributed by atoms with E-state index in [2.05, 4.69) is 17.1 Å². The Morgan fingerprint density at radius 3 is 2.83 bits per heavy atom. The van der Waals surface area contributed by atoms with Gasteiger partial charge < -0.3 is 10.2 Å². The van der Waals surface area contributed by atoms with Crippen LogP contribution in [0.25, 0.3) is 0 Å². The third-order valence-electron chi connectivity index (χ3n) is 2.31. The number of hydrogen-bond acceptors (Lipinski definition) is 3. The number of piperazine rings is 1. The molecule has 0 aliphatic carbocycles. The maximum atomic E-state index is 10.5. The molecular weight excluding hydrogens is 154 g/mol. The van der Waals surface area contributed by atoms with Gasteiger partial charge in [0.15, 0.2) is 0 Å². The van der Waals surface area contributed by atoms with Crippen LogP contribution < -0.4 is 5.32 Å². The number of nitrogens with zero attached hydrogens (tertiary/aromatic N) is 2. The van der Waals surface area contributed by atoms with Crippen molar-refractivity contribution in [2.24, 2.45) is 0 Å². The molecule has 1 N–H and O–H groups in total. The quantitative estimate of drug-likeness (QED) is 0.572. The summed E-state index contributed by atoms with van der Waals surface area (Å²) in [7, 11) is 1.94. The lowest BCUT2D eigenvalue weighted by atomic mass is 10.2. The predicted octanol–water partition coefficient (Wildman–Crippen LogP) is -0.674. The molecular formula is C8H17N3O. The summed E-state index contributed by atoms with van der Waals surface area (Å²) in [6, 6.07) is 0.469. The van der Waals surface area contributed by atoms with E-state index in [1.165, 1.54) is 0 Å². The van der Waals surface area contributed by atoms with Crippen LogP contribution in [0.4, 0.5) is 0 Å². The molecule has 1 saturated heterocycles. The van der Waals surface area contributed by atoms with Gasteiger partial charge in [-0.2, -0.15) is 0 Å². The molecule has 1 aliphatic heterocycles. The van der Waals surface area contributed by atoms with Crippen LogP contribution >= 0.6 is 0 Å². The van der Waals surface area contributed by atoms with Gasteiger partial charge >= 0.3 is 0 Å². The zero-order valence-electron chi connectivity index (χ0n) is 7.79. The minimum atomic E-state index is 0.469. The van der Waals surface area contributed by atoms with Crippen LogP contribution in [0.15, 0.2) is 0 Å². The van der Waals surface area contributed by atoms with Gasteiger partial charge in [0.05, 0.1) is 0 Å². The molecule has 0 bridgehead atoms. The predicted molar refractivity (Wildman–Crippen MR) is 47.7 cm³/mol. The Labute approximate surface area is 73.5 Å². The van der Waals surface area contributed by atoms with Crippen LogP contribution in [-0.2, 0) is 4.79 Å². The highest BCUT2D eigenvalue weighted by Crippen LogP contribution is 2.05. The molecule has 1 aliphatic rings. The summed E-state index contributed by atoms with van der Waals surface area (Å²) in [5.41, 5.74) is 0. The van der Waals surface area contributed by atoms with Crippen molar-refractivity contribution in [3.8, 4) is 0 Å². The number of hydrogen-bond donors (Lipinski definition) is 1. The van der Waals surface area contributed by atoms with Crippen LogP contribution in [0.2, 0.25) is 0 Å². The standard InChI is InChI=1S/C8H17N3O/c1-8-5-10(7-12)3-4-11(8)6-9-2/h7-9H,3-6H2,1-2H3/t8-/m1/s1. The first-order valence-corrected chi connectivity index (χ1v) is 4.36. The van der Waals surface area contributed by atoms with Crippen LogP contribution in [0, 0.1) is 0 Å². The minimum Gasteiger partial charge on any atom is -0.342 e. The molecule has 1 atom stereocenters. The number of rotatable bonds is 3. The van der Waals surface area contributed by atoms with Crippen molar-refractivity contribution in [3.63, 3.8) is 0 Å². The summed E-state index contributed by atoms with van der Waals surface area (Å²) < 4.78 is 0. The molecule has 0 radical (unpaired) electrons. The average Bonchev–Trinajstić information content (AvgIpc) is 2.09. The molecule has 0 aromatic carbocycles. The van der Waals surface area contributed by atoms with E-state index in [4.69, 9.17) is 0 Å². The van der Waals surface area contributed by atoms with E-state index in [1.54, 1.807) is 0 Å². The lowest BCUT2D eigenvalue weighted by molar-refractivity contribution is -0.120. The van der Waals surface area contributed by atoms with E-state index < -0.39 is 0 Å². The molecule has 1 amide bonds. The van der Waals surface area contributed by atoms with Crippen LogP contribution in [-0.4, -0.2) is 55.6 Å². The third-order valence-corrected chi connectivity index (χ3v) is 2.31. The SMILES string of the molecule is CNCN1CCN(C=O)C[C@H]1C. The topological polar surface area (TPSA) is 35.6 Å². The Hall–Kier alpha value is -0.610. The summed E-state index contributed by atoms with van der Waals surface area (Å²) in [4.78, 5) is 14.6. The van der Waals surface area contributed by atoms with Gasteiger partial charge in [0, 0.05) is 32.3 Å². The van der Waals surface area contributed by atoms with Gasteiger partial charge in [-0.25, -0.2) is 0 Å². The molecule has 1 rings (SSSR count). The van der Waals surface area contributed by atoms with Gasteiger partial charge in [0.25, 0.3) is 0 Å². The number of carbonyl (C=O) groups is 1. The van der Waals surface area contributed by atoms with Gasteiger partial charge in [-0.05, 0) is 14.0 Å². The van der Waals surface area contributed by atoms with Crippen LogP contribution in [0.5, 0.6) is 0 Å². The smallest absolute Gasteiger partial charge is 0.209 e. The Bertz CT molecular complexity index is 151. The van der Waals surface area contributed by atoms with Gasteiger partial charge in [0.1, 0.15) is 0 Å². The fraction of sp³-hybridized carbons (Fsp3) is 0.875. The molecule has 4 heteroatoms. The number of amides is 1. The lowest BCUT2D eigenvalue weighted by Gasteiger charge is -2.37. The summed E-state index contributed by atoms with van der Waals surface area (Å²) in [6.07, 6.45) is 0.938. The first-order valence-electron chi connectivity index (χ1n) is 4.36. The monoisotopic (exact) mass is 171 g/mol. The summed E-state index contributed by atoms with van der Waals surface area (Å²) in [5.74, 6) is 0. The summed E-state index contributed by atoms with van der Waals surface area (Å²) in [5, 5.41) is 3.12. The molecule has 1 fully saturated rings. The van der Waals surface area contributed by atoms with Crippen molar-refractivity contribution in [1.29, 1.82) is 0 Å². The maximum absolute atomic E-state index is 10.5. The Morgan fingerprint density at radius 2 is 2.33 bits per heavy atom. The summed E-state index contributed by atoms with van der Waals surface area (Å²) in [6.45, 7) is 5.74. The lowest BCUT2D eigenvalue weighted by Crippen LogP contribution is -2.53. The zero-order valence-corrected chi connectivity index (χ0v) is 7.79. The first kappa shape index (κ1) is 9.48. The fourth-order valence-corrected chi connectivity index (χ4v) is 1.56. The highest BCUT2D eigenvalue weighted by atomic mass is 16.1. The van der Waals surface area contributed by atoms with Gasteiger partial charge in [-0.15, -0.1) is 0 Å². The van der Waals surface area contributed by atoms with Crippen LogP contribution in [0.3, 0.4) is 0 Å². The van der Waals surface area contributed by atoms with Gasteiger partial charge in [0.2, 0.25) is 6.41 Å². The fourth-order valence-electron chi connectivity index (χ4n) is 1.56. The van der Waals surface area contributed by atoms with E-state index in [9.17, 15) is 4.79 Å². The second-order valence-electron chi connectivity index (χ2n) is 3.27. The van der Waals surface area contributed by atoms with Gasteiger partial charge in [-0.3, -0.25) is 9.69 Å². The largest absolute Gasteiger partial charge is 0.342 e. The van der Waals surface area contributed by atoms with E-state index in [1.807, 2.05) is 11.9 Å². The Kier molecular flexibility index (Phi) is 3.49. The van der Waals surface area contributed by atoms with E-state index in [0.717, 1.165) is 32.7 Å². The zero-order chi connectivity index (χ0) is 8.97. The normalized spacial score (nSPS) is 25.8. The number of carbonyl (C=O) groups excluding carboxylic acids is 1. The third kappa shape index (κ3) is 2.19. The molecule has 70 valence electrons. The van der Waals surface area contributed by atoms with Crippen molar-refractivity contribution < 1.29 is 4.79 Å². The molecule has 0 spiro atoms. The highest BCUT2D eigenvalue weighted by molar-refractivity contribution is 5.47. The number of nitrogens with one attached hydrogen (secondary N) is 1. The maximum Gasteiger partial charge on any atom is 0.209 e. The molecule has 0 saturated carbocycles. The Balaban J connectivity index is 2.36. The van der Waals surface area contributed by atoms with Crippen molar-refractivity contribution >= 4 is 6.41 Å². The Morgan fingerprint density at radius 1 is 1.58 bits per heavy atom. The van der Waals surface area contributed by atoms with E-state index >= 15 is 0 Å². The molecule has 1 heterocycles. The van der Waals surface area contributed by atoms with Crippen molar-refractivity contribution in [1.82, 2.24) is 15.1 Å². The van der Waals surface area contributed by atoms with Crippen molar-refractivity contribution in [2.75, 3.05) is 33.4 Å². The van der Waals surface area contributed by atoms with Crippen molar-refractivity contribution in [2.45, 2.75) is 13.0 Å². The molecule has 0 aromatic heterocycles. The second kappa shape index (κ2) is 4.42. The summed E-state index contributed by atoms with van der Waals surface area (Å²) >= 11 is 0. The van der Waals surface area contributed by atoms with E-state index in [-0.39, 0.29) is 0 Å². The van der Waals surface area contributed by atoms with Crippen molar-refractivity contribution in [3.05, 3.63) is 0 Å². The van der Waals surface area contributed by atoms with Crippen LogP contribution in [0.1, 0.15) is 6.92 Å². The highest BCUT2D eigenvalue weighted by Gasteiger charge is 2.21. The molecule has 0 aromatic rings. The molecule has 0 unspecified atom stereocenters. The first-order chi connectivity index (χ1) is 5.77. The van der Waals surface area contributed by atoms with E-state index in [0.29, 0.717) is 6.04 Å². The molecule has 12 heavy (non-hydrogen) atoms. The minimum absolute atomic E-state index is 0.469.